The van der Waals surface area contributed by atoms with E-state index in [4.69, 9.17) is 0 Å². The Morgan fingerprint density at radius 3 is 2.53 bits per heavy atom. The number of carbonyl (C=O) groups is 1. The van der Waals surface area contributed by atoms with Gasteiger partial charge in [0, 0.05) is 11.7 Å². The molecule has 0 spiro atoms. The summed E-state index contributed by atoms with van der Waals surface area (Å²) in [7, 11) is 0. The number of hydrogen-bond acceptors (Lipinski definition) is 2. The number of hydrogen-bond donors (Lipinski definition) is 1. The van der Waals surface area contributed by atoms with Crippen molar-refractivity contribution in [2.45, 2.75) is 38.6 Å². The van der Waals surface area contributed by atoms with Gasteiger partial charge < -0.3 is 10.0 Å². The third-order valence-electron chi connectivity index (χ3n) is 4.77. The van der Waals surface area contributed by atoms with E-state index in [2.05, 4.69) is 36.1 Å². The van der Waals surface area contributed by atoms with Crippen LogP contribution in [0.4, 0.5) is 5.69 Å². The number of anilines is 1. The van der Waals surface area contributed by atoms with Crippen molar-refractivity contribution in [3.8, 4) is 0 Å². The number of carboxylic acids is 1. The van der Waals surface area contributed by atoms with Gasteiger partial charge in [-0.1, -0.05) is 24.1 Å². The summed E-state index contributed by atoms with van der Waals surface area (Å²) in [5.41, 5.74) is 2.28. The molecule has 0 heterocycles. The van der Waals surface area contributed by atoms with Gasteiger partial charge in [-0.2, -0.15) is 0 Å². The quantitative estimate of drug-likeness (QED) is 0.903. The Balaban J connectivity index is 1.85. The molecular weight excluding hydrogens is 238 g/mol. The molecule has 0 radical (unpaired) electrons. The first-order chi connectivity index (χ1) is 9.13. The minimum absolute atomic E-state index is 0.122. The van der Waals surface area contributed by atoms with E-state index < -0.39 is 5.97 Å². The lowest BCUT2D eigenvalue weighted by atomic mass is 9.93. The lowest BCUT2D eigenvalue weighted by molar-refractivity contribution is -0.135. The van der Waals surface area contributed by atoms with Gasteiger partial charge in [-0.3, -0.25) is 4.79 Å². The molecule has 2 bridgehead atoms. The number of fused-ring (bicyclic) bond motifs is 2. The second-order valence-corrected chi connectivity index (χ2v) is 6.10. The van der Waals surface area contributed by atoms with Gasteiger partial charge >= 0.3 is 5.97 Å². The maximum Gasteiger partial charge on any atom is 0.323 e. The van der Waals surface area contributed by atoms with Crippen molar-refractivity contribution < 1.29 is 9.90 Å². The number of carboxylic acid groups (broad SMARTS) is 1. The van der Waals surface area contributed by atoms with Gasteiger partial charge in [0.2, 0.25) is 0 Å². The van der Waals surface area contributed by atoms with E-state index >= 15 is 0 Å². The van der Waals surface area contributed by atoms with E-state index in [1.807, 2.05) is 0 Å². The molecule has 0 aromatic heterocycles. The lowest BCUT2D eigenvalue weighted by Gasteiger charge is -2.35. The molecule has 0 saturated heterocycles. The zero-order valence-corrected chi connectivity index (χ0v) is 11.4. The van der Waals surface area contributed by atoms with Gasteiger partial charge in [0.15, 0.2) is 0 Å². The van der Waals surface area contributed by atoms with Crippen molar-refractivity contribution in [2.24, 2.45) is 11.8 Å². The second-order valence-electron chi connectivity index (χ2n) is 6.10. The first-order valence-electron chi connectivity index (χ1n) is 7.18. The SMILES string of the molecule is Cc1ccc(N(CC(=O)O)C2CC3CCC2C3)cc1. The maximum absolute atomic E-state index is 11.2. The molecule has 0 amide bonds. The summed E-state index contributed by atoms with van der Waals surface area (Å²) in [6.07, 6.45) is 5.09. The number of nitrogens with zero attached hydrogens (tertiary/aromatic N) is 1. The first kappa shape index (κ1) is 12.5. The van der Waals surface area contributed by atoms with Gasteiger partial charge in [-0.15, -0.1) is 0 Å². The summed E-state index contributed by atoms with van der Waals surface area (Å²) in [5.74, 6) is 0.797. The molecule has 2 fully saturated rings. The molecule has 1 aromatic rings. The highest BCUT2D eigenvalue weighted by Crippen LogP contribution is 2.47. The molecule has 102 valence electrons. The van der Waals surface area contributed by atoms with Crippen molar-refractivity contribution in [3.63, 3.8) is 0 Å². The number of aryl methyl sites for hydroxylation is 1. The van der Waals surface area contributed by atoms with E-state index in [1.165, 1.54) is 31.2 Å². The van der Waals surface area contributed by atoms with E-state index in [1.54, 1.807) is 0 Å². The van der Waals surface area contributed by atoms with Crippen molar-refractivity contribution in [1.29, 1.82) is 0 Å². The molecule has 3 rings (SSSR count). The predicted molar refractivity (Wildman–Crippen MR) is 75.4 cm³/mol. The monoisotopic (exact) mass is 259 g/mol. The fourth-order valence-corrected chi connectivity index (χ4v) is 3.87. The maximum atomic E-state index is 11.2. The van der Waals surface area contributed by atoms with Crippen molar-refractivity contribution in [1.82, 2.24) is 0 Å². The Morgan fingerprint density at radius 2 is 2.00 bits per heavy atom. The van der Waals surface area contributed by atoms with Crippen LogP contribution >= 0.6 is 0 Å². The van der Waals surface area contributed by atoms with Crippen LogP contribution < -0.4 is 4.90 Å². The standard InChI is InChI=1S/C16H21NO2/c1-11-2-6-14(7-3-11)17(10-16(18)19)15-9-12-4-5-13(15)8-12/h2-3,6-7,12-13,15H,4-5,8-10H2,1H3,(H,18,19). The van der Waals surface area contributed by atoms with Gasteiger partial charge in [0.1, 0.15) is 6.54 Å². The normalized spacial score (nSPS) is 28.6. The number of rotatable bonds is 4. The molecular formula is C16H21NO2. The van der Waals surface area contributed by atoms with Crippen molar-refractivity contribution >= 4 is 11.7 Å². The highest BCUT2D eigenvalue weighted by Gasteiger charge is 2.42. The van der Waals surface area contributed by atoms with Gasteiger partial charge in [-0.05, 0) is 50.2 Å². The highest BCUT2D eigenvalue weighted by molar-refractivity contribution is 5.74. The smallest absolute Gasteiger partial charge is 0.323 e. The first-order valence-corrected chi connectivity index (χ1v) is 7.18. The summed E-state index contributed by atoms with van der Waals surface area (Å²) in [6.45, 7) is 2.18. The largest absolute Gasteiger partial charge is 0.480 e. The third kappa shape index (κ3) is 2.46. The number of aliphatic carboxylic acids is 1. The molecule has 0 aliphatic heterocycles. The molecule has 2 saturated carbocycles. The Kier molecular flexibility index (Phi) is 3.21. The Hall–Kier alpha value is -1.51. The molecule has 3 nitrogen and oxygen atoms in total. The molecule has 3 heteroatoms. The van der Waals surface area contributed by atoms with Gasteiger partial charge in [0.05, 0.1) is 0 Å². The highest BCUT2D eigenvalue weighted by atomic mass is 16.4. The zero-order valence-electron chi connectivity index (χ0n) is 11.4. The van der Waals surface area contributed by atoms with E-state index in [0.29, 0.717) is 12.0 Å². The van der Waals surface area contributed by atoms with Crippen molar-refractivity contribution in [2.75, 3.05) is 11.4 Å². The molecule has 19 heavy (non-hydrogen) atoms. The summed E-state index contributed by atoms with van der Waals surface area (Å²) in [5, 5.41) is 9.19. The molecule has 2 aliphatic rings. The summed E-state index contributed by atoms with van der Waals surface area (Å²) < 4.78 is 0. The average molecular weight is 259 g/mol. The Bertz CT molecular complexity index is 468. The minimum atomic E-state index is -0.733. The van der Waals surface area contributed by atoms with Crippen LogP contribution in [0.2, 0.25) is 0 Å². The fourth-order valence-electron chi connectivity index (χ4n) is 3.87. The minimum Gasteiger partial charge on any atom is -0.480 e. The molecule has 1 N–H and O–H groups in total. The van der Waals surface area contributed by atoms with Gasteiger partial charge in [-0.25, -0.2) is 0 Å². The third-order valence-corrected chi connectivity index (χ3v) is 4.77. The second kappa shape index (κ2) is 4.87. The van der Waals surface area contributed by atoms with Crippen LogP contribution in [0.5, 0.6) is 0 Å². The van der Waals surface area contributed by atoms with Crippen LogP contribution in [0.1, 0.15) is 31.2 Å². The summed E-state index contributed by atoms with van der Waals surface area (Å²) in [6, 6.07) is 8.68. The van der Waals surface area contributed by atoms with Crippen LogP contribution in [0.15, 0.2) is 24.3 Å². The van der Waals surface area contributed by atoms with Gasteiger partial charge in [0.25, 0.3) is 0 Å². The van der Waals surface area contributed by atoms with Crippen molar-refractivity contribution in [3.05, 3.63) is 29.8 Å². The summed E-state index contributed by atoms with van der Waals surface area (Å²) in [4.78, 5) is 13.3. The molecule has 3 unspecified atom stereocenters. The van der Waals surface area contributed by atoms with E-state index in [-0.39, 0.29) is 6.54 Å². The Labute approximate surface area is 114 Å². The molecule has 1 aromatic carbocycles. The molecule has 2 aliphatic carbocycles. The fraction of sp³-hybridized carbons (Fsp3) is 0.562. The van der Waals surface area contributed by atoms with Crippen LogP contribution in [0.25, 0.3) is 0 Å². The van der Waals surface area contributed by atoms with E-state index in [0.717, 1.165) is 11.6 Å². The van der Waals surface area contributed by atoms with Crippen LogP contribution in [0.3, 0.4) is 0 Å². The topological polar surface area (TPSA) is 40.5 Å². The van der Waals surface area contributed by atoms with Crippen LogP contribution in [0, 0.1) is 18.8 Å². The molecule has 3 atom stereocenters. The van der Waals surface area contributed by atoms with Crippen LogP contribution in [-0.4, -0.2) is 23.7 Å². The number of benzene rings is 1. The Morgan fingerprint density at radius 1 is 1.26 bits per heavy atom. The summed E-state index contributed by atoms with van der Waals surface area (Å²) >= 11 is 0. The van der Waals surface area contributed by atoms with Crippen LogP contribution in [-0.2, 0) is 4.79 Å². The van der Waals surface area contributed by atoms with E-state index in [9.17, 15) is 9.90 Å². The average Bonchev–Trinajstić information content (AvgIpc) is 2.99. The predicted octanol–water partition coefficient (Wildman–Crippen LogP) is 3.07. The zero-order chi connectivity index (χ0) is 13.4. The lowest BCUT2D eigenvalue weighted by Crippen LogP contribution is -2.42.